The highest BCUT2D eigenvalue weighted by Gasteiger charge is 2.18. The van der Waals surface area contributed by atoms with E-state index in [1.54, 1.807) is 6.33 Å². The zero-order valence-electron chi connectivity index (χ0n) is 12.2. The number of anilines is 2. The van der Waals surface area contributed by atoms with Gasteiger partial charge in [-0.2, -0.15) is 0 Å². The van der Waals surface area contributed by atoms with E-state index >= 15 is 0 Å². The molecule has 19 heavy (non-hydrogen) atoms. The number of aromatic nitrogens is 2. The van der Waals surface area contributed by atoms with E-state index in [9.17, 15) is 0 Å². The first-order valence-electron chi connectivity index (χ1n) is 7.54. The van der Waals surface area contributed by atoms with Crippen molar-refractivity contribution in [1.82, 2.24) is 9.97 Å². The predicted molar refractivity (Wildman–Crippen MR) is 80.1 cm³/mol. The highest BCUT2D eigenvalue weighted by Crippen LogP contribution is 2.29. The van der Waals surface area contributed by atoms with Crippen LogP contribution in [-0.2, 0) is 6.42 Å². The average Bonchev–Trinajstić information content (AvgIpc) is 2.41. The van der Waals surface area contributed by atoms with Gasteiger partial charge in [-0.1, -0.05) is 33.1 Å². The van der Waals surface area contributed by atoms with Crippen LogP contribution in [0.3, 0.4) is 0 Å². The van der Waals surface area contributed by atoms with Crippen molar-refractivity contribution in [3.8, 4) is 0 Å². The second kappa shape index (κ2) is 6.73. The molecule has 1 saturated carbocycles. The first-order valence-corrected chi connectivity index (χ1v) is 7.54. The van der Waals surface area contributed by atoms with Crippen LogP contribution in [0.1, 0.15) is 51.5 Å². The van der Waals surface area contributed by atoms with Crippen LogP contribution >= 0.6 is 0 Å². The summed E-state index contributed by atoms with van der Waals surface area (Å²) in [6.45, 7) is 5.52. The maximum atomic E-state index is 5.94. The fraction of sp³-hybridized carbons (Fsp3) is 0.733. The molecular formula is C15H26N4. The van der Waals surface area contributed by atoms with Gasteiger partial charge in [0.15, 0.2) is 0 Å². The van der Waals surface area contributed by atoms with E-state index in [4.69, 9.17) is 5.73 Å². The second-order valence-corrected chi connectivity index (χ2v) is 5.84. The zero-order chi connectivity index (χ0) is 13.7. The number of nitrogens with zero attached hydrogens (tertiary/aromatic N) is 2. The van der Waals surface area contributed by atoms with Crippen molar-refractivity contribution in [3.63, 3.8) is 0 Å². The van der Waals surface area contributed by atoms with Crippen LogP contribution in [0.25, 0.3) is 0 Å². The van der Waals surface area contributed by atoms with Crippen molar-refractivity contribution in [2.24, 2.45) is 11.8 Å². The topological polar surface area (TPSA) is 63.8 Å². The van der Waals surface area contributed by atoms with Crippen molar-refractivity contribution >= 4 is 11.6 Å². The van der Waals surface area contributed by atoms with Gasteiger partial charge in [0.2, 0.25) is 0 Å². The molecule has 1 heterocycles. The second-order valence-electron chi connectivity index (χ2n) is 5.84. The van der Waals surface area contributed by atoms with E-state index in [-0.39, 0.29) is 0 Å². The molecule has 0 radical (unpaired) electrons. The summed E-state index contributed by atoms with van der Waals surface area (Å²) in [5, 5.41) is 3.49. The van der Waals surface area contributed by atoms with Crippen molar-refractivity contribution < 1.29 is 0 Å². The molecule has 0 amide bonds. The Labute approximate surface area is 116 Å². The van der Waals surface area contributed by atoms with Gasteiger partial charge < -0.3 is 11.1 Å². The van der Waals surface area contributed by atoms with E-state index in [1.807, 2.05) is 0 Å². The zero-order valence-corrected chi connectivity index (χ0v) is 12.2. The normalized spacial score (nSPS) is 23.3. The Kier molecular flexibility index (Phi) is 5.00. The number of nitrogen functional groups attached to an aromatic ring is 1. The van der Waals surface area contributed by atoms with Gasteiger partial charge in [-0.05, 0) is 31.1 Å². The molecule has 1 aliphatic carbocycles. The molecule has 1 aromatic rings. The van der Waals surface area contributed by atoms with Gasteiger partial charge in [0, 0.05) is 12.1 Å². The van der Waals surface area contributed by atoms with Gasteiger partial charge in [-0.25, -0.2) is 9.97 Å². The Bertz CT molecular complexity index is 397. The van der Waals surface area contributed by atoms with Crippen molar-refractivity contribution in [3.05, 3.63) is 11.9 Å². The maximum Gasteiger partial charge on any atom is 0.134 e. The molecular weight excluding hydrogens is 236 g/mol. The predicted octanol–water partition coefficient (Wildman–Crippen LogP) is 3.25. The number of hydrogen-bond acceptors (Lipinski definition) is 4. The van der Waals surface area contributed by atoms with Gasteiger partial charge in [0.25, 0.3) is 0 Å². The molecule has 0 aromatic carbocycles. The lowest BCUT2D eigenvalue weighted by atomic mass is 9.83. The molecule has 0 aliphatic heterocycles. The summed E-state index contributed by atoms with van der Waals surface area (Å²) in [7, 11) is 0. The molecule has 1 aromatic heterocycles. The van der Waals surface area contributed by atoms with Crippen LogP contribution in [0.15, 0.2) is 6.33 Å². The summed E-state index contributed by atoms with van der Waals surface area (Å²) < 4.78 is 0. The Morgan fingerprint density at radius 2 is 2.00 bits per heavy atom. The lowest BCUT2D eigenvalue weighted by Gasteiger charge is -2.26. The smallest absolute Gasteiger partial charge is 0.134 e. The van der Waals surface area contributed by atoms with Crippen molar-refractivity contribution in [1.29, 1.82) is 0 Å². The molecule has 106 valence electrons. The first kappa shape index (κ1) is 14.1. The first-order chi connectivity index (χ1) is 9.20. The minimum Gasteiger partial charge on any atom is -0.383 e. The summed E-state index contributed by atoms with van der Waals surface area (Å²) in [6.07, 6.45) is 8.94. The van der Waals surface area contributed by atoms with Gasteiger partial charge in [-0.15, -0.1) is 0 Å². The van der Waals surface area contributed by atoms with Gasteiger partial charge in [0.05, 0.1) is 0 Å². The largest absolute Gasteiger partial charge is 0.383 e. The van der Waals surface area contributed by atoms with Gasteiger partial charge in [0.1, 0.15) is 18.0 Å². The fourth-order valence-electron chi connectivity index (χ4n) is 2.85. The third kappa shape index (κ3) is 3.82. The van der Waals surface area contributed by atoms with E-state index in [2.05, 4.69) is 29.1 Å². The molecule has 2 rings (SSSR count). The summed E-state index contributed by atoms with van der Waals surface area (Å²) in [5.41, 5.74) is 7.02. The van der Waals surface area contributed by atoms with E-state index in [1.165, 1.54) is 25.7 Å². The third-order valence-corrected chi connectivity index (χ3v) is 4.17. The molecule has 0 spiro atoms. The van der Waals surface area contributed by atoms with Crippen LogP contribution < -0.4 is 11.1 Å². The Balaban J connectivity index is 1.93. The van der Waals surface area contributed by atoms with Gasteiger partial charge >= 0.3 is 0 Å². The highest BCUT2D eigenvalue weighted by atomic mass is 15.0. The molecule has 3 N–H and O–H groups in total. The third-order valence-electron chi connectivity index (χ3n) is 4.17. The number of rotatable bonds is 5. The van der Waals surface area contributed by atoms with Gasteiger partial charge in [-0.3, -0.25) is 0 Å². The summed E-state index contributed by atoms with van der Waals surface area (Å²) in [5.74, 6) is 3.24. The fourth-order valence-corrected chi connectivity index (χ4v) is 2.85. The lowest BCUT2D eigenvalue weighted by Crippen LogP contribution is -2.21. The molecule has 0 bridgehead atoms. The monoisotopic (exact) mass is 262 g/mol. The Hall–Kier alpha value is -1.32. The molecule has 1 fully saturated rings. The molecule has 4 nitrogen and oxygen atoms in total. The van der Waals surface area contributed by atoms with E-state index < -0.39 is 0 Å². The van der Waals surface area contributed by atoms with Crippen LogP contribution in [0.4, 0.5) is 11.6 Å². The van der Waals surface area contributed by atoms with Crippen LogP contribution in [-0.4, -0.2) is 16.5 Å². The standard InChI is InChI=1S/C15H26N4/c1-3-4-13-14(16)18-10-19-15(13)17-9-12-7-5-11(2)6-8-12/h10-12H,3-9H2,1-2H3,(H3,16,17,18,19). The number of nitrogens with two attached hydrogens (primary N) is 1. The summed E-state index contributed by atoms with van der Waals surface area (Å²) in [4.78, 5) is 8.45. The minimum atomic E-state index is 0.622. The van der Waals surface area contributed by atoms with Crippen LogP contribution in [0.5, 0.6) is 0 Å². The SMILES string of the molecule is CCCc1c(N)ncnc1NCC1CCC(C)CC1. The van der Waals surface area contributed by atoms with E-state index in [0.29, 0.717) is 5.82 Å². The number of hydrogen-bond donors (Lipinski definition) is 2. The van der Waals surface area contributed by atoms with E-state index in [0.717, 1.165) is 42.6 Å². The maximum absolute atomic E-state index is 5.94. The van der Waals surface area contributed by atoms with Crippen LogP contribution in [0.2, 0.25) is 0 Å². The molecule has 0 atom stereocenters. The average molecular weight is 262 g/mol. The van der Waals surface area contributed by atoms with Crippen molar-refractivity contribution in [2.45, 2.75) is 52.4 Å². The molecule has 4 heteroatoms. The minimum absolute atomic E-state index is 0.622. The number of nitrogens with one attached hydrogen (secondary N) is 1. The quantitative estimate of drug-likeness (QED) is 0.855. The summed E-state index contributed by atoms with van der Waals surface area (Å²) in [6, 6.07) is 0. The van der Waals surface area contributed by atoms with Crippen molar-refractivity contribution in [2.75, 3.05) is 17.6 Å². The molecule has 1 aliphatic rings. The summed E-state index contributed by atoms with van der Waals surface area (Å²) >= 11 is 0. The lowest BCUT2D eigenvalue weighted by molar-refractivity contribution is 0.300. The molecule has 0 saturated heterocycles. The van der Waals surface area contributed by atoms with Crippen LogP contribution in [0, 0.1) is 11.8 Å². The molecule has 0 unspecified atom stereocenters. The Morgan fingerprint density at radius 3 is 2.68 bits per heavy atom. The Morgan fingerprint density at radius 1 is 1.26 bits per heavy atom. The highest BCUT2D eigenvalue weighted by molar-refractivity contribution is 5.54.